The van der Waals surface area contributed by atoms with Crippen molar-refractivity contribution in [2.75, 3.05) is 41.2 Å². The van der Waals surface area contributed by atoms with Crippen LogP contribution in [0.3, 0.4) is 0 Å². The average Bonchev–Trinajstić information content (AvgIpc) is 3.42. The fourth-order valence-corrected chi connectivity index (χ4v) is 4.80. The van der Waals surface area contributed by atoms with E-state index in [4.69, 9.17) is 33.8 Å². The molecule has 9 nitrogen and oxygen atoms in total. The largest absolute Gasteiger partial charge is 0.494 e. The first-order valence-electron chi connectivity index (χ1n) is 12.8. The molecular weight excluding hydrogens is 580 g/mol. The van der Waals surface area contributed by atoms with E-state index in [1.807, 2.05) is 48.5 Å². The molecule has 40 heavy (non-hydrogen) atoms. The van der Waals surface area contributed by atoms with Crippen molar-refractivity contribution in [2.24, 2.45) is 4.99 Å². The van der Waals surface area contributed by atoms with E-state index in [-0.39, 0.29) is 25.7 Å². The summed E-state index contributed by atoms with van der Waals surface area (Å²) in [7, 11) is 4.64. The molecule has 1 atom stereocenters. The summed E-state index contributed by atoms with van der Waals surface area (Å²) in [6.45, 7) is 0.802. The van der Waals surface area contributed by atoms with Gasteiger partial charge in [-0.2, -0.15) is 0 Å². The van der Waals surface area contributed by atoms with Crippen LogP contribution in [-0.2, 0) is 22.5 Å². The number of carbonyl (C=O) groups excluding carboxylic acids is 1. The Labute approximate surface area is 242 Å². The van der Waals surface area contributed by atoms with Crippen LogP contribution in [0.25, 0.3) is 0 Å². The maximum absolute atomic E-state index is 13.8. The molecule has 0 fully saturated rings. The number of aliphatic hydroxyl groups is 1. The minimum absolute atomic E-state index is 0.0734. The number of amides is 1. The number of aliphatic hydroxyl groups excluding tert-OH is 1. The molecule has 2 N–H and O–H groups in total. The van der Waals surface area contributed by atoms with Crippen LogP contribution in [-0.4, -0.2) is 63.6 Å². The molecule has 212 valence electrons. The molecule has 0 saturated carbocycles. The Morgan fingerprint density at radius 2 is 1.75 bits per heavy atom. The van der Waals surface area contributed by atoms with E-state index in [0.717, 1.165) is 21.2 Å². The van der Waals surface area contributed by atoms with Crippen LogP contribution >= 0.6 is 15.9 Å². The Hall–Kier alpha value is -3.76. The van der Waals surface area contributed by atoms with Crippen molar-refractivity contribution in [1.82, 2.24) is 5.32 Å². The van der Waals surface area contributed by atoms with Gasteiger partial charge in [-0.1, -0.05) is 34.1 Å². The summed E-state index contributed by atoms with van der Waals surface area (Å²) in [5.74, 6) is 2.28. The van der Waals surface area contributed by atoms with E-state index in [1.54, 1.807) is 33.5 Å². The van der Waals surface area contributed by atoms with E-state index in [0.29, 0.717) is 48.3 Å². The summed E-state index contributed by atoms with van der Waals surface area (Å²) in [4.78, 5) is 18.7. The molecule has 0 spiro atoms. The minimum Gasteiger partial charge on any atom is -0.494 e. The highest BCUT2D eigenvalue weighted by Gasteiger charge is 2.44. The van der Waals surface area contributed by atoms with E-state index < -0.39 is 5.54 Å². The van der Waals surface area contributed by atoms with E-state index in [2.05, 4.69) is 21.2 Å². The van der Waals surface area contributed by atoms with Crippen molar-refractivity contribution in [3.8, 4) is 23.0 Å². The first-order chi connectivity index (χ1) is 19.4. The van der Waals surface area contributed by atoms with Gasteiger partial charge in [0.25, 0.3) is 5.91 Å². The lowest BCUT2D eigenvalue weighted by molar-refractivity contribution is -0.126. The van der Waals surface area contributed by atoms with Crippen molar-refractivity contribution in [2.45, 2.75) is 24.9 Å². The predicted molar refractivity (Wildman–Crippen MR) is 155 cm³/mol. The number of benzene rings is 3. The van der Waals surface area contributed by atoms with Gasteiger partial charge in [0.05, 0.1) is 27.9 Å². The molecule has 10 heteroatoms. The Balaban J connectivity index is 1.59. The van der Waals surface area contributed by atoms with Gasteiger partial charge in [0.1, 0.15) is 12.4 Å². The first kappa shape index (κ1) is 29.2. The van der Waals surface area contributed by atoms with Crippen molar-refractivity contribution in [3.63, 3.8) is 0 Å². The summed E-state index contributed by atoms with van der Waals surface area (Å²) in [5.41, 5.74) is 1.27. The Morgan fingerprint density at radius 3 is 2.38 bits per heavy atom. The van der Waals surface area contributed by atoms with Crippen LogP contribution in [0.2, 0.25) is 0 Å². The van der Waals surface area contributed by atoms with Gasteiger partial charge in [-0.3, -0.25) is 4.79 Å². The predicted octanol–water partition coefficient (Wildman–Crippen LogP) is 4.31. The quantitative estimate of drug-likeness (QED) is 0.277. The summed E-state index contributed by atoms with van der Waals surface area (Å²) in [5, 5.41) is 12.0. The van der Waals surface area contributed by atoms with Crippen LogP contribution < -0.4 is 24.3 Å². The smallest absolute Gasteiger partial charge is 0.252 e. The van der Waals surface area contributed by atoms with Crippen LogP contribution in [0.1, 0.15) is 23.1 Å². The van der Waals surface area contributed by atoms with Crippen molar-refractivity contribution in [3.05, 3.63) is 81.8 Å². The molecular formula is C30H33BrN2O7. The molecule has 4 rings (SSSR count). The van der Waals surface area contributed by atoms with Crippen LogP contribution in [0.5, 0.6) is 23.0 Å². The number of nitrogens with zero attached hydrogens (tertiary/aromatic N) is 1. The van der Waals surface area contributed by atoms with Gasteiger partial charge in [0.15, 0.2) is 17.0 Å². The zero-order valence-electron chi connectivity index (χ0n) is 22.7. The van der Waals surface area contributed by atoms with Gasteiger partial charge in [0.2, 0.25) is 11.6 Å². The summed E-state index contributed by atoms with van der Waals surface area (Å²) in [6, 6.07) is 18.7. The molecule has 0 unspecified atom stereocenters. The minimum atomic E-state index is -1.18. The Morgan fingerprint density at radius 1 is 1.05 bits per heavy atom. The normalized spacial score (nSPS) is 16.1. The summed E-state index contributed by atoms with van der Waals surface area (Å²) >= 11 is 3.60. The number of carbonyl (C=O) groups is 1. The molecule has 0 aromatic heterocycles. The molecule has 0 saturated heterocycles. The SMILES string of the molecule is COc1cc(CNC(=O)[C@@]2(Cc3ccccc3Br)COC(c3ccc(OCCCO)cc3)=N2)cc(OC)c1OC. The van der Waals surface area contributed by atoms with Crippen molar-refractivity contribution in [1.29, 1.82) is 0 Å². The molecule has 0 radical (unpaired) electrons. The van der Waals surface area contributed by atoms with Crippen LogP contribution in [0, 0.1) is 0 Å². The average molecular weight is 614 g/mol. The number of nitrogens with one attached hydrogen (secondary N) is 1. The molecule has 1 heterocycles. The zero-order valence-corrected chi connectivity index (χ0v) is 24.3. The third kappa shape index (κ3) is 6.68. The highest BCUT2D eigenvalue weighted by Crippen LogP contribution is 2.38. The molecule has 1 amide bonds. The number of ether oxygens (including phenoxy) is 5. The standard InChI is InChI=1S/C30H33BrN2O7/c1-36-25-15-20(16-26(37-2)27(25)38-3)18-32-29(35)30(17-22-7-4-5-8-24(22)31)19-40-28(33-30)21-9-11-23(12-10-21)39-14-6-13-34/h4-5,7-12,15-16,34H,6,13-14,17-19H2,1-3H3,(H,32,35)/t30-/m1/s1. The Kier molecular flexibility index (Phi) is 9.89. The fourth-order valence-electron chi connectivity index (χ4n) is 4.37. The lowest BCUT2D eigenvalue weighted by Crippen LogP contribution is -2.48. The van der Waals surface area contributed by atoms with Gasteiger partial charge in [-0.05, 0) is 53.6 Å². The third-order valence-corrected chi connectivity index (χ3v) is 7.25. The molecule has 0 aliphatic carbocycles. The number of hydrogen-bond acceptors (Lipinski definition) is 8. The van der Waals surface area contributed by atoms with E-state index in [1.165, 1.54) is 0 Å². The van der Waals surface area contributed by atoms with E-state index >= 15 is 0 Å². The second-order valence-electron chi connectivity index (χ2n) is 9.17. The second-order valence-corrected chi connectivity index (χ2v) is 10.0. The fraction of sp³-hybridized carbons (Fsp3) is 0.333. The number of aliphatic imine (C=N–C) groups is 1. The highest BCUT2D eigenvalue weighted by atomic mass is 79.9. The van der Waals surface area contributed by atoms with Gasteiger partial charge in [-0.25, -0.2) is 4.99 Å². The lowest BCUT2D eigenvalue weighted by atomic mass is 9.91. The van der Waals surface area contributed by atoms with Gasteiger partial charge in [-0.15, -0.1) is 0 Å². The molecule has 3 aromatic rings. The molecule has 1 aliphatic heterocycles. The van der Waals surface area contributed by atoms with Crippen LogP contribution in [0.15, 0.2) is 70.1 Å². The van der Waals surface area contributed by atoms with Crippen molar-refractivity contribution >= 4 is 27.7 Å². The first-order valence-corrected chi connectivity index (χ1v) is 13.6. The van der Waals surface area contributed by atoms with E-state index in [9.17, 15) is 4.79 Å². The number of hydrogen-bond donors (Lipinski definition) is 2. The van der Waals surface area contributed by atoms with Gasteiger partial charge in [0, 0.05) is 36.0 Å². The summed E-state index contributed by atoms with van der Waals surface area (Å²) in [6.07, 6.45) is 0.891. The maximum atomic E-state index is 13.8. The molecule has 1 aliphatic rings. The lowest BCUT2D eigenvalue weighted by Gasteiger charge is -2.24. The third-order valence-electron chi connectivity index (χ3n) is 6.48. The maximum Gasteiger partial charge on any atom is 0.252 e. The zero-order chi connectivity index (χ0) is 28.5. The summed E-state index contributed by atoms with van der Waals surface area (Å²) < 4.78 is 28.8. The molecule has 3 aromatic carbocycles. The number of methoxy groups -OCH3 is 3. The van der Waals surface area contributed by atoms with Gasteiger partial charge < -0.3 is 34.1 Å². The van der Waals surface area contributed by atoms with Gasteiger partial charge >= 0.3 is 0 Å². The van der Waals surface area contributed by atoms with Crippen molar-refractivity contribution < 1.29 is 33.6 Å². The molecule has 0 bridgehead atoms. The highest BCUT2D eigenvalue weighted by molar-refractivity contribution is 9.10. The second kappa shape index (κ2) is 13.5. The number of rotatable bonds is 13. The number of halogens is 1. The Bertz CT molecular complexity index is 1320. The van der Waals surface area contributed by atoms with Crippen LogP contribution in [0.4, 0.5) is 0 Å². The monoisotopic (exact) mass is 612 g/mol. The topological polar surface area (TPSA) is 108 Å².